The second-order valence-electron chi connectivity index (χ2n) is 1.71. The molecule has 62 valence electrons. The van der Waals surface area contributed by atoms with Gasteiger partial charge in [-0.1, -0.05) is 23.2 Å². The molecule has 0 aliphatic heterocycles. The number of nitrogens with zero attached hydrogens (tertiary/aromatic N) is 1. The van der Waals surface area contributed by atoms with Gasteiger partial charge in [0.1, 0.15) is 0 Å². The van der Waals surface area contributed by atoms with Crippen LogP contribution in [0.25, 0.3) is 0 Å². The van der Waals surface area contributed by atoms with Crippen LogP contribution in [0, 0.1) is 5.41 Å². The van der Waals surface area contributed by atoms with Crippen molar-refractivity contribution in [3.05, 3.63) is 27.8 Å². The lowest BCUT2D eigenvalue weighted by Gasteiger charge is -1.97. The van der Waals surface area contributed by atoms with E-state index in [9.17, 15) is 0 Å². The Hall–Kier alpha value is -0.380. The van der Waals surface area contributed by atoms with Crippen LogP contribution in [0.3, 0.4) is 0 Å². The summed E-state index contributed by atoms with van der Waals surface area (Å²) < 4.78 is 0.711. The van der Waals surface area contributed by atoms with Crippen LogP contribution in [0.1, 0.15) is 0 Å². The zero-order valence-electron chi connectivity index (χ0n) is 5.21. The van der Waals surface area contributed by atoms with Gasteiger partial charge in [-0.15, -0.1) is 12.4 Å². The summed E-state index contributed by atoms with van der Waals surface area (Å²) >= 11 is 10.9. The molecule has 1 heterocycles. The van der Waals surface area contributed by atoms with Gasteiger partial charge >= 0.3 is 0 Å². The molecule has 0 saturated heterocycles. The first-order chi connectivity index (χ1) is 4.61. The van der Waals surface area contributed by atoms with Crippen molar-refractivity contribution >= 4 is 35.6 Å². The quantitative estimate of drug-likeness (QED) is 0.639. The lowest BCUT2D eigenvalue weighted by Crippen LogP contribution is -2.06. The molecule has 0 amide bonds. The van der Waals surface area contributed by atoms with Crippen molar-refractivity contribution in [2.75, 3.05) is 0 Å². The Labute approximate surface area is 79.1 Å². The lowest BCUT2D eigenvalue weighted by atomic mass is 10.5. The molecule has 0 aliphatic rings. The highest BCUT2D eigenvalue weighted by atomic mass is 35.5. The Balaban J connectivity index is 0.000001000. The van der Waals surface area contributed by atoms with E-state index < -0.39 is 0 Å². The third kappa shape index (κ3) is 2.29. The first-order valence-corrected chi connectivity index (χ1v) is 3.18. The van der Waals surface area contributed by atoms with Crippen LogP contribution in [0.2, 0.25) is 10.0 Å². The molecule has 2 N–H and O–H groups in total. The molecule has 1 rings (SSSR count). The van der Waals surface area contributed by atoms with Gasteiger partial charge in [0.25, 0.3) is 0 Å². The summed E-state index contributed by atoms with van der Waals surface area (Å²) in [5, 5.41) is 16.2. The predicted molar refractivity (Wildman–Crippen MR) is 44.7 cm³/mol. The monoisotopic (exact) mass is 214 g/mol. The highest BCUT2D eigenvalue weighted by Crippen LogP contribution is 2.05. The molecule has 0 spiro atoms. The minimum absolute atomic E-state index is 0. The molecule has 0 atom stereocenters. The first-order valence-electron chi connectivity index (χ1n) is 2.42. The molecule has 0 fully saturated rings. The van der Waals surface area contributed by atoms with Gasteiger partial charge in [0.05, 0.1) is 27.8 Å². The van der Waals surface area contributed by atoms with Crippen LogP contribution in [0.15, 0.2) is 12.4 Å². The van der Waals surface area contributed by atoms with E-state index in [1.807, 2.05) is 0 Å². The van der Waals surface area contributed by atoms with Crippen molar-refractivity contribution in [3.63, 3.8) is 0 Å². The maximum Gasteiger partial charge on any atom is 0.0945 e. The van der Waals surface area contributed by atoms with Crippen molar-refractivity contribution < 1.29 is 5.21 Å². The summed E-state index contributed by atoms with van der Waals surface area (Å²) in [7, 11) is 0. The van der Waals surface area contributed by atoms with E-state index in [2.05, 4.69) is 0 Å². The van der Waals surface area contributed by atoms with E-state index in [0.29, 0.717) is 4.73 Å². The first kappa shape index (κ1) is 10.6. The number of nitrogens with one attached hydrogen (secondary N) is 1. The Kier molecular flexibility index (Phi) is 3.72. The summed E-state index contributed by atoms with van der Waals surface area (Å²) in [6.07, 6.45) is 2.38. The largest absolute Gasteiger partial charge is 0.429 e. The number of rotatable bonds is 0. The molecule has 6 heteroatoms. The molecule has 3 nitrogen and oxygen atoms in total. The minimum Gasteiger partial charge on any atom is -0.429 e. The molecule has 0 saturated carbocycles. The number of hydrogen-bond donors (Lipinski definition) is 2. The average molecular weight is 215 g/mol. The van der Waals surface area contributed by atoms with Gasteiger partial charge in [0.2, 0.25) is 0 Å². The molecule has 0 aromatic carbocycles. The van der Waals surface area contributed by atoms with E-state index in [1.54, 1.807) is 0 Å². The SMILES string of the molecule is Cl.N=c1c(Cl)cn(O)cc1Cl. The molecule has 0 unspecified atom stereocenters. The topological polar surface area (TPSA) is 49.0 Å². The maximum atomic E-state index is 8.78. The maximum absolute atomic E-state index is 8.78. The van der Waals surface area contributed by atoms with Gasteiger partial charge < -0.3 is 5.21 Å². The smallest absolute Gasteiger partial charge is 0.0945 e. The molecule has 1 aromatic heterocycles. The second kappa shape index (κ2) is 3.85. The van der Waals surface area contributed by atoms with E-state index in [4.69, 9.17) is 33.8 Å². The number of halogens is 3. The van der Waals surface area contributed by atoms with Crippen LogP contribution in [0.4, 0.5) is 0 Å². The zero-order chi connectivity index (χ0) is 7.72. The fraction of sp³-hybridized carbons (Fsp3) is 0. The molecular weight excluding hydrogens is 210 g/mol. The molecule has 1 aromatic rings. The Morgan fingerprint density at radius 3 is 2.00 bits per heavy atom. The number of hydrogen-bond acceptors (Lipinski definition) is 2. The molecule has 0 bridgehead atoms. The van der Waals surface area contributed by atoms with E-state index in [-0.39, 0.29) is 27.8 Å². The van der Waals surface area contributed by atoms with Crippen molar-refractivity contribution in [3.8, 4) is 0 Å². The van der Waals surface area contributed by atoms with E-state index >= 15 is 0 Å². The summed E-state index contributed by atoms with van der Waals surface area (Å²) in [5.41, 5.74) is 0. The average Bonchev–Trinajstić information content (AvgIpc) is 1.82. The van der Waals surface area contributed by atoms with Crippen molar-refractivity contribution in [2.45, 2.75) is 0 Å². The number of aromatic nitrogens is 1. The highest BCUT2D eigenvalue weighted by Gasteiger charge is 1.97. The fourth-order valence-corrected chi connectivity index (χ4v) is 0.965. The highest BCUT2D eigenvalue weighted by molar-refractivity contribution is 6.34. The Morgan fingerprint density at radius 1 is 1.27 bits per heavy atom. The minimum atomic E-state index is 0. The van der Waals surface area contributed by atoms with E-state index in [1.165, 1.54) is 12.4 Å². The van der Waals surface area contributed by atoms with Gasteiger partial charge in [-0.2, -0.15) is 4.73 Å². The van der Waals surface area contributed by atoms with Crippen molar-refractivity contribution in [2.24, 2.45) is 0 Å². The van der Waals surface area contributed by atoms with E-state index in [0.717, 1.165) is 0 Å². The van der Waals surface area contributed by atoms with Gasteiger partial charge in [0, 0.05) is 0 Å². The van der Waals surface area contributed by atoms with Gasteiger partial charge in [-0.3, -0.25) is 5.41 Å². The van der Waals surface area contributed by atoms with Crippen LogP contribution in [-0.2, 0) is 0 Å². The standard InChI is InChI=1S/C5H4Cl2N2O.ClH/c6-3-1-9(10)2-4(7)5(3)8;/h1-2,8,10H;1H. The summed E-state index contributed by atoms with van der Waals surface area (Å²) in [5.74, 6) is 0. The van der Waals surface area contributed by atoms with Gasteiger partial charge in [-0.05, 0) is 0 Å². The zero-order valence-corrected chi connectivity index (χ0v) is 7.54. The van der Waals surface area contributed by atoms with Gasteiger partial charge in [0.15, 0.2) is 0 Å². The summed E-state index contributed by atoms with van der Waals surface area (Å²) in [6.45, 7) is 0. The van der Waals surface area contributed by atoms with Crippen LogP contribution < -0.4 is 5.36 Å². The molecule has 0 aliphatic carbocycles. The summed E-state index contributed by atoms with van der Waals surface area (Å²) in [6, 6.07) is 0. The van der Waals surface area contributed by atoms with Crippen LogP contribution >= 0.6 is 35.6 Å². The van der Waals surface area contributed by atoms with Crippen LogP contribution in [-0.4, -0.2) is 9.94 Å². The third-order valence-electron chi connectivity index (χ3n) is 0.969. The lowest BCUT2D eigenvalue weighted by molar-refractivity contribution is 0.184. The second-order valence-corrected chi connectivity index (χ2v) is 2.52. The van der Waals surface area contributed by atoms with Gasteiger partial charge in [-0.25, -0.2) is 0 Å². The predicted octanol–water partition coefficient (Wildman–Crippen LogP) is 1.93. The number of pyridine rings is 1. The third-order valence-corrected chi connectivity index (χ3v) is 1.54. The molecule has 0 radical (unpaired) electrons. The Morgan fingerprint density at radius 2 is 1.64 bits per heavy atom. The Bertz CT molecular complexity index is 283. The summed E-state index contributed by atoms with van der Waals surface area (Å²) in [4.78, 5) is 0. The molecule has 11 heavy (non-hydrogen) atoms. The van der Waals surface area contributed by atoms with Crippen molar-refractivity contribution in [1.82, 2.24) is 4.73 Å². The fourth-order valence-electron chi connectivity index (χ4n) is 0.513. The normalized spacial score (nSPS) is 8.91. The van der Waals surface area contributed by atoms with Crippen LogP contribution in [0.5, 0.6) is 0 Å². The molecular formula is C5H5Cl3N2O. The van der Waals surface area contributed by atoms with Crippen molar-refractivity contribution in [1.29, 1.82) is 5.41 Å².